The van der Waals surface area contributed by atoms with E-state index in [-0.39, 0.29) is 24.3 Å². The van der Waals surface area contributed by atoms with Crippen molar-refractivity contribution in [1.29, 1.82) is 5.26 Å². The minimum Gasteiger partial charge on any atom is -0.375 e. The highest BCUT2D eigenvalue weighted by atomic mass is 32.2. The molecule has 1 unspecified atom stereocenters. The van der Waals surface area contributed by atoms with Crippen molar-refractivity contribution >= 4 is 21.6 Å². The zero-order valence-electron chi connectivity index (χ0n) is 14.8. The Balaban J connectivity index is 2.07. The standard InChI is InChI=1S/C18H23N3O4S/c1-2-8-18(23)15-13-14(26(24,25)20-10-3-4-11-20)6-7-16(15)21(17(18)22)12-5-9-19/h6-7,13,23H,2-5,8,10-12H2,1H3. The fourth-order valence-electron chi connectivity index (χ4n) is 3.75. The normalized spacial score (nSPS) is 23.3. The first-order chi connectivity index (χ1) is 12.4. The second-order valence-corrected chi connectivity index (χ2v) is 8.70. The number of hydrogen-bond acceptors (Lipinski definition) is 5. The van der Waals surface area contributed by atoms with Crippen molar-refractivity contribution in [2.75, 3.05) is 24.5 Å². The Bertz CT molecular complexity index is 856. The molecule has 2 aliphatic rings. The van der Waals surface area contributed by atoms with E-state index in [4.69, 9.17) is 5.26 Å². The molecule has 1 N–H and O–H groups in total. The Morgan fingerprint density at radius 1 is 1.31 bits per heavy atom. The lowest BCUT2D eigenvalue weighted by molar-refractivity contribution is -0.136. The van der Waals surface area contributed by atoms with Crippen molar-refractivity contribution < 1.29 is 18.3 Å². The number of rotatable bonds is 6. The van der Waals surface area contributed by atoms with Crippen LogP contribution in [0, 0.1) is 11.3 Å². The van der Waals surface area contributed by atoms with Crippen molar-refractivity contribution in [3.8, 4) is 6.07 Å². The van der Waals surface area contributed by atoms with E-state index in [0.29, 0.717) is 30.8 Å². The van der Waals surface area contributed by atoms with Crippen molar-refractivity contribution in [3.05, 3.63) is 23.8 Å². The second-order valence-electron chi connectivity index (χ2n) is 6.77. The Morgan fingerprint density at radius 3 is 2.62 bits per heavy atom. The SMILES string of the molecule is CCCC1(O)C(=O)N(CCC#N)c2ccc(S(=O)(=O)N3CCCC3)cc21. The molecule has 26 heavy (non-hydrogen) atoms. The molecule has 0 radical (unpaired) electrons. The Labute approximate surface area is 153 Å². The largest absolute Gasteiger partial charge is 0.375 e. The Morgan fingerprint density at radius 2 is 2.00 bits per heavy atom. The van der Waals surface area contributed by atoms with E-state index in [2.05, 4.69) is 0 Å². The third-order valence-corrected chi connectivity index (χ3v) is 6.96. The van der Waals surface area contributed by atoms with Gasteiger partial charge in [0.2, 0.25) is 10.0 Å². The number of carbonyl (C=O) groups is 1. The summed E-state index contributed by atoms with van der Waals surface area (Å²) in [6.07, 6.45) is 2.59. The summed E-state index contributed by atoms with van der Waals surface area (Å²) >= 11 is 0. The monoisotopic (exact) mass is 377 g/mol. The van der Waals surface area contributed by atoms with Crippen LogP contribution >= 0.6 is 0 Å². The molecular formula is C18H23N3O4S. The van der Waals surface area contributed by atoms with Gasteiger partial charge in [0.25, 0.3) is 5.91 Å². The third-order valence-electron chi connectivity index (χ3n) is 5.07. The van der Waals surface area contributed by atoms with Crippen molar-refractivity contribution in [1.82, 2.24) is 4.31 Å². The van der Waals surface area contributed by atoms with Gasteiger partial charge in [-0.2, -0.15) is 9.57 Å². The molecule has 0 spiro atoms. The van der Waals surface area contributed by atoms with Gasteiger partial charge in [0.05, 0.1) is 23.1 Å². The van der Waals surface area contributed by atoms with Gasteiger partial charge in [0, 0.05) is 25.2 Å². The Kier molecular flexibility index (Phi) is 5.06. The molecule has 3 rings (SSSR count). The van der Waals surface area contributed by atoms with Crippen molar-refractivity contribution in [2.45, 2.75) is 49.5 Å². The average Bonchev–Trinajstić information content (AvgIpc) is 3.22. The van der Waals surface area contributed by atoms with Crippen LogP contribution in [0.4, 0.5) is 5.69 Å². The maximum absolute atomic E-state index is 12.8. The summed E-state index contributed by atoms with van der Waals surface area (Å²) in [6, 6.07) is 6.49. The predicted octanol–water partition coefficient (Wildman–Crippen LogP) is 1.72. The molecule has 1 atom stereocenters. The van der Waals surface area contributed by atoms with Gasteiger partial charge < -0.3 is 10.0 Å². The van der Waals surface area contributed by atoms with Crippen LogP contribution in [0.5, 0.6) is 0 Å². The lowest BCUT2D eigenvalue weighted by atomic mass is 9.91. The number of benzene rings is 1. The maximum Gasteiger partial charge on any atom is 0.263 e. The molecule has 1 aromatic carbocycles. The fraction of sp³-hybridized carbons (Fsp3) is 0.556. The molecule has 1 aromatic rings. The van der Waals surface area contributed by atoms with Crippen LogP contribution in [0.3, 0.4) is 0 Å². The highest BCUT2D eigenvalue weighted by molar-refractivity contribution is 7.89. The van der Waals surface area contributed by atoms with Crippen molar-refractivity contribution in [3.63, 3.8) is 0 Å². The smallest absolute Gasteiger partial charge is 0.263 e. The fourth-order valence-corrected chi connectivity index (χ4v) is 5.30. The van der Waals surface area contributed by atoms with E-state index in [1.54, 1.807) is 6.07 Å². The predicted molar refractivity (Wildman–Crippen MR) is 95.8 cm³/mol. The molecule has 1 saturated heterocycles. The molecule has 8 heteroatoms. The average molecular weight is 377 g/mol. The quantitative estimate of drug-likeness (QED) is 0.813. The van der Waals surface area contributed by atoms with Gasteiger partial charge in [-0.05, 0) is 37.5 Å². The lowest BCUT2D eigenvalue weighted by Crippen LogP contribution is -2.40. The van der Waals surface area contributed by atoms with E-state index in [1.807, 2.05) is 13.0 Å². The number of nitriles is 1. The number of carbonyl (C=O) groups excluding carboxylic acids is 1. The van der Waals surface area contributed by atoms with Crippen LogP contribution in [0.2, 0.25) is 0 Å². The summed E-state index contributed by atoms with van der Waals surface area (Å²) in [5.41, 5.74) is -0.931. The lowest BCUT2D eigenvalue weighted by Gasteiger charge is -2.22. The molecular weight excluding hydrogens is 354 g/mol. The molecule has 0 aromatic heterocycles. The van der Waals surface area contributed by atoms with E-state index < -0.39 is 21.5 Å². The van der Waals surface area contributed by atoms with Gasteiger partial charge in [0.1, 0.15) is 0 Å². The molecule has 140 valence electrons. The molecule has 0 bridgehead atoms. The highest BCUT2D eigenvalue weighted by Gasteiger charge is 2.49. The van der Waals surface area contributed by atoms with Gasteiger partial charge in [-0.15, -0.1) is 0 Å². The molecule has 1 fully saturated rings. The van der Waals surface area contributed by atoms with E-state index in [1.165, 1.54) is 21.3 Å². The molecule has 0 aliphatic carbocycles. The number of amides is 1. The van der Waals surface area contributed by atoms with Crippen LogP contribution < -0.4 is 4.90 Å². The molecule has 7 nitrogen and oxygen atoms in total. The Hall–Kier alpha value is -1.95. The molecule has 2 heterocycles. The van der Waals surface area contributed by atoms with Crippen LogP contribution in [-0.2, 0) is 20.4 Å². The third kappa shape index (κ3) is 2.90. The molecule has 1 amide bonds. The minimum atomic E-state index is -3.64. The van der Waals surface area contributed by atoms with Gasteiger partial charge in [-0.25, -0.2) is 8.42 Å². The summed E-state index contributed by atoms with van der Waals surface area (Å²) < 4.78 is 27.1. The van der Waals surface area contributed by atoms with Gasteiger partial charge in [0.15, 0.2) is 5.60 Å². The van der Waals surface area contributed by atoms with Gasteiger partial charge in [-0.3, -0.25) is 4.79 Å². The topological polar surface area (TPSA) is 102 Å². The first-order valence-electron chi connectivity index (χ1n) is 8.92. The van der Waals surface area contributed by atoms with Crippen LogP contribution in [0.25, 0.3) is 0 Å². The molecule has 2 aliphatic heterocycles. The zero-order valence-corrected chi connectivity index (χ0v) is 15.6. The summed E-state index contributed by atoms with van der Waals surface area (Å²) in [5.74, 6) is -0.486. The number of hydrogen-bond donors (Lipinski definition) is 1. The minimum absolute atomic E-state index is 0.0996. The van der Waals surface area contributed by atoms with Crippen LogP contribution in [-0.4, -0.2) is 43.4 Å². The number of aliphatic hydroxyl groups is 1. The summed E-state index contributed by atoms with van der Waals surface area (Å²) in [5, 5.41) is 19.9. The first-order valence-corrected chi connectivity index (χ1v) is 10.4. The van der Waals surface area contributed by atoms with E-state index in [9.17, 15) is 18.3 Å². The van der Waals surface area contributed by atoms with E-state index >= 15 is 0 Å². The number of anilines is 1. The van der Waals surface area contributed by atoms with Gasteiger partial charge in [-0.1, -0.05) is 13.3 Å². The molecule has 0 saturated carbocycles. The number of sulfonamides is 1. The van der Waals surface area contributed by atoms with Crippen LogP contribution in [0.1, 0.15) is 44.6 Å². The second kappa shape index (κ2) is 6.99. The highest BCUT2D eigenvalue weighted by Crippen LogP contribution is 2.44. The summed E-state index contributed by atoms with van der Waals surface area (Å²) in [7, 11) is -3.64. The van der Waals surface area contributed by atoms with E-state index in [0.717, 1.165) is 12.8 Å². The maximum atomic E-state index is 12.8. The van der Waals surface area contributed by atoms with Crippen LogP contribution in [0.15, 0.2) is 23.1 Å². The first kappa shape index (κ1) is 18.8. The number of nitrogens with zero attached hydrogens (tertiary/aromatic N) is 3. The zero-order chi connectivity index (χ0) is 18.9. The number of fused-ring (bicyclic) bond motifs is 1. The summed E-state index contributed by atoms with van der Waals surface area (Å²) in [6.45, 7) is 3.01. The summed E-state index contributed by atoms with van der Waals surface area (Å²) in [4.78, 5) is 14.3. The van der Waals surface area contributed by atoms with Crippen molar-refractivity contribution in [2.24, 2.45) is 0 Å². The van der Waals surface area contributed by atoms with Gasteiger partial charge >= 0.3 is 0 Å².